The van der Waals surface area contributed by atoms with E-state index >= 15 is 0 Å². The van der Waals surface area contributed by atoms with Crippen molar-refractivity contribution in [2.45, 2.75) is 50.6 Å². The molecule has 1 saturated carbocycles. The highest BCUT2D eigenvalue weighted by Crippen LogP contribution is 2.26. The summed E-state index contributed by atoms with van der Waals surface area (Å²) in [4.78, 5) is 11.0. The van der Waals surface area contributed by atoms with Crippen LogP contribution in [0.5, 0.6) is 0 Å². The van der Waals surface area contributed by atoms with Crippen LogP contribution in [-0.4, -0.2) is 41.5 Å². The second kappa shape index (κ2) is 4.81. The number of carbonyl (C=O) groups is 1. The zero-order valence-corrected chi connectivity index (χ0v) is 9.67. The summed E-state index contributed by atoms with van der Waals surface area (Å²) in [6, 6.07) is 0.0703. The molecule has 1 aliphatic rings. The van der Waals surface area contributed by atoms with E-state index in [9.17, 15) is 18.0 Å². The van der Waals surface area contributed by atoms with Crippen LogP contribution in [0.3, 0.4) is 0 Å². The third kappa shape index (κ3) is 4.16. The average molecular weight is 255 g/mol. The molecule has 2 N–H and O–H groups in total. The van der Waals surface area contributed by atoms with Gasteiger partial charge in [0.2, 0.25) is 0 Å². The molecular formula is C10H16F3NO3. The first-order chi connectivity index (χ1) is 7.65. The fourth-order valence-electron chi connectivity index (χ4n) is 1.23. The van der Waals surface area contributed by atoms with Gasteiger partial charge in [-0.3, -0.25) is 10.1 Å². The van der Waals surface area contributed by atoms with Crippen molar-refractivity contribution in [2.24, 2.45) is 0 Å². The van der Waals surface area contributed by atoms with E-state index in [-0.39, 0.29) is 6.04 Å². The van der Waals surface area contributed by atoms with E-state index in [0.717, 1.165) is 19.8 Å². The fraction of sp³-hybridized carbons (Fsp3) is 0.900. The molecule has 1 fully saturated rings. The third-order valence-electron chi connectivity index (χ3n) is 2.66. The molecule has 0 aromatic carbocycles. The summed E-state index contributed by atoms with van der Waals surface area (Å²) >= 11 is 0. The number of nitrogens with one attached hydrogen (secondary N) is 1. The Morgan fingerprint density at radius 3 is 2.41 bits per heavy atom. The van der Waals surface area contributed by atoms with E-state index < -0.39 is 30.4 Å². The Bertz CT molecular complexity index is 291. The van der Waals surface area contributed by atoms with Gasteiger partial charge in [-0.1, -0.05) is 0 Å². The van der Waals surface area contributed by atoms with Crippen LogP contribution < -0.4 is 5.32 Å². The van der Waals surface area contributed by atoms with Crippen LogP contribution in [0.4, 0.5) is 13.2 Å². The van der Waals surface area contributed by atoms with Crippen LogP contribution in [0.2, 0.25) is 0 Å². The highest BCUT2D eigenvalue weighted by atomic mass is 19.4. The number of alkyl halides is 3. The highest BCUT2D eigenvalue weighted by molar-refractivity contribution is 5.78. The lowest BCUT2D eigenvalue weighted by molar-refractivity contribution is -0.219. The smallest absolute Gasteiger partial charge is 0.414 e. The number of aliphatic carboxylic acids is 1. The van der Waals surface area contributed by atoms with Crippen LogP contribution in [0.15, 0.2) is 0 Å². The molecule has 0 radical (unpaired) electrons. The van der Waals surface area contributed by atoms with E-state index in [0.29, 0.717) is 0 Å². The number of hydrogen-bond acceptors (Lipinski definition) is 3. The summed E-state index contributed by atoms with van der Waals surface area (Å²) in [5.74, 6) is -1.21. The molecule has 0 amide bonds. The van der Waals surface area contributed by atoms with Crippen molar-refractivity contribution in [3.8, 4) is 0 Å². The molecule has 100 valence electrons. The lowest BCUT2D eigenvalue weighted by atomic mass is 10.0. The van der Waals surface area contributed by atoms with Crippen LogP contribution in [-0.2, 0) is 9.53 Å². The van der Waals surface area contributed by atoms with E-state index in [1.165, 1.54) is 6.92 Å². The van der Waals surface area contributed by atoms with Crippen molar-refractivity contribution in [2.75, 3.05) is 6.61 Å². The number of carboxylic acids is 1. The van der Waals surface area contributed by atoms with E-state index in [2.05, 4.69) is 10.1 Å². The van der Waals surface area contributed by atoms with Gasteiger partial charge in [0.1, 0.15) is 5.54 Å². The predicted octanol–water partition coefficient (Wildman–Crippen LogP) is 1.55. The van der Waals surface area contributed by atoms with Crippen molar-refractivity contribution in [1.29, 1.82) is 0 Å². The van der Waals surface area contributed by atoms with Crippen molar-refractivity contribution >= 4 is 5.97 Å². The molecular weight excluding hydrogens is 239 g/mol. The first kappa shape index (κ1) is 14.2. The number of hydrogen-bond donors (Lipinski definition) is 2. The number of halogens is 3. The number of ether oxygens (including phenoxy) is 1. The summed E-state index contributed by atoms with van der Waals surface area (Å²) in [7, 11) is 0. The molecule has 0 aromatic heterocycles. The maximum Gasteiger partial charge on any atom is 0.414 e. The maximum absolute atomic E-state index is 12.2. The minimum atomic E-state index is -4.47. The first-order valence-corrected chi connectivity index (χ1v) is 5.34. The Hall–Kier alpha value is -0.820. The minimum absolute atomic E-state index is 0.0703. The van der Waals surface area contributed by atoms with Gasteiger partial charge < -0.3 is 9.84 Å². The Morgan fingerprint density at radius 1 is 1.53 bits per heavy atom. The Balaban J connectivity index is 2.52. The average Bonchev–Trinajstić information content (AvgIpc) is 2.96. The lowest BCUT2D eigenvalue weighted by Gasteiger charge is -2.28. The van der Waals surface area contributed by atoms with Gasteiger partial charge in [0.25, 0.3) is 0 Å². The van der Waals surface area contributed by atoms with Crippen LogP contribution in [0.1, 0.15) is 26.7 Å². The summed E-state index contributed by atoms with van der Waals surface area (Å²) in [6.07, 6.45) is -4.75. The predicted molar refractivity (Wildman–Crippen MR) is 53.7 cm³/mol. The van der Waals surface area contributed by atoms with E-state index in [4.69, 9.17) is 5.11 Å². The Morgan fingerprint density at radius 2 is 2.06 bits per heavy atom. The molecule has 0 aliphatic heterocycles. The van der Waals surface area contributed by atoms with Crippen molar-refractivity contribution < 1.29 is 27.8 Å². The standard InChI is InChI=1S/C10H16F3NO3/c1-6(10(11,12)13)17-5-9(2,8(15)16)14-7-3-4-7/h6-7,14H,3-5H2,1-2H3,(H,15,16). The second-order valence-corrected chi connectivity index (χ2v) is 4.55. The van der Waals surface area contributed by atoms with Gasteiger partial charge in [-0.15, -0.1) is 0 Å². The fourth-order valence-corrected chi connectivity index (χ4v) is 1.23. The molecule has 17 heavy (non-hydrogen) atoms. The molecule has 4 nitrogen and oxygen atoms in total. The Labute approximate surface area is 97.1 Å². The molecule has 1 aliphatic carbocycles. The van der Waals surface area contributed by atoms with Gasteiger partial charge in [0.05, 0.1) is 6.61 Å². The zero-order valence-electron chi connectivity index (χ0n) is 9.67. The molecule has 2 unspecified atom stereocenters. The van der Waals surface area contributed by atoms with Crippen molar-refractivity contribution in [3.05, 3.63) is 0 Å². The van der Waals surface area contributed by atoms with E-state index in [1.54, 1.807) is 0 Å². The molecule has 1 rings (SSSR count). The van der Waals surface area contributed by atoms with E-state index in [1.807, 2.05) is 0 Å². The third-order valence-corrected chi connectivity index (χ3v) is 2.66. The van der Waals surface area contributed by atoms with Crippen molar-refractivity contribution in [3.63, 3.8) is 0 Å². The summed E-state index contributed by atoms with van der Waals surface area (Å²) in [5, 5.41) is 11.8. The lowest BCUT2D eigenvalue weighted by Crippen LogP contribution is -2.55. The van der Waals surface area contributed by atoms with Crippen LogP contribution in [0, 0.1) is 0 Å². The Kier molecular flexibility index (Phi) is 4.03. The van der Waals surface area contributed by atoms with Crippen LogP contribution >= 0.6 is 0 Å². The van der Waals surface area contributed by atoms with Gasteiger partial charge >= 0.3 is 12.1 Å². The maximum atomic E-state index is 12.2. The summed E-state index contributed by atoms with van der Waals surface area (Å²) < 4.78 is 41.2. The highest BCUT2D eigenvalue weighted by Gasteiger charge is 2.42. The van der Waals surface area contributed by atoms with Gasteiger partial charge in [-0.25, -0.2) is 0 Å². The molecule has 0 bridgehead atoms. The summed E-state index contributed by atoms with van der Waals surface area (Å²) in [5.41, 5.74) is -1.47. The van der Waals surface area contributed by atoms with Gasteiger partial charge in [-0.05, 0) is 26.7 Å². The van der Waals surface area contributed by atoms with Gasteiger partial charge in [0, 0.05) is 6.04 Å². The molecule has 2 atom stereocenters. The first-order valence-electron chi connectivity index (χ1n) is 5.34. The molecule has 0 saturated heterocycles. The van der Waals surface area contributed by atoms with Gasteiger partial charge in [-0.2, -0.15) is 13.2 Å². The van der Waals surface area contributed by atoms with Gasteiger partial charge in [0.15, 0.2) is 6.10 Å². The molecule has 0 heterocycles. The number of rotatable bonds is 6. The molecule has 7 heteroatoms. The molecule has 0 aromatic rings. The SMILES string of the molecule is CC(OCC(C)(NC1CC1)C(=O)O)C(F)(F)F. The van der Waals surface area contributed by atoms with Crippen molar-refractivity contribution in [1.82, 2.24) is 5.32 Å². The monoisotopic (exact) mass is 255 g/mol. The number of carboxylic acid groups (broad SMARTS) is 1. The zero-order chi connectivity index (χ0) is 13.3. The second-order valence-electron chi connectivity index (χ2n) is 4.55. The summed E-state index contributed by atoms with van der Waals surface area (Å²) in [6.45, 7) is 1.68. The minimum Gasteiger partial charge on any atom is -0.480 e. The topological polar surface area (TPSA) is 58.6 Å². The largest absolute Gasteiger partial charge is 0.480 e. The molecule has 0 spiro atoms. The van der Waals surface area contributed by atoms with Crippen LogP contribution in [0.25, 0.3) is 0 Å². The quantitative estimate of drug-likeness (QED) is 0.756. The normalized spacial score (nSPS) is 21.9.